The number of aromatic nitrogens is 1. The molecule has 0 radical (unpaired) electrons. The maximum absolute atomic E-state index is 13.7. The summed E-state index contributed by atoms with van der Waals surface area (Å²) in [6.07, 6.45) is 5.91. The van der Waals surface area contributed by atoms with Gasteiger partial charge in [-0.3, -0.25) is 19.2 Å². The van der Waals surface area contributed by atoms with E-state index in [0.717, 1.165) is 22.0 Å². The molecule has 0 fully saturated rings. The molecule has 0 bridgehead atoms. The van der Waals surface area contributed by atoms with E-state index in [0.29, 0.717) is 12.8 Å². The fourth-order valence-corrected chi connectivity index (χ4v) is 5.44. The van der Waals surface area contributed by atoms with E-state index in [4.69, 9.17) is 9.47 Å². The predicted octanol–water partition coefficient (Wildman–Crippen LogP) is 4.96. The van der Waals surface area contributed by atoms with Crippen LogP contribution in [0.2, 0.25) is 0 Å². The molecule has 0 aliphatic carbocycles. The number of amides is 2. The van der Waals surface area contributed by atoms with Crippen molar-refractivity contribution in [2.45, 2.75) is 77.0 Å². The van der Waals surface area contributed by atoms with Crippen molar-refractivity contribution < 1.29 is 33.8 Å². The van der Waals surface area contributed by atoms with Crippen molar-refractivity contribution in [3.05, 3.63) is 97.2 Å². The Hall–Kier alpha value is -4.70. The van der Waals surface area contributed by atoms with Gasteiger partial charge in [0.2, 0.25) is 11.8 Å². The van der Waals surface area contributed by atoms with Gasteiger partial charge in [0, 0.05) is 23.5 Å². The molecule has 1 aromatic heterocycles. The van der Waals surface area contributed by atoms with Gasteiger partial charge < -0.3 is 30.2 Å². The van der Waals surface area contributed by atoms with E-state index in [9.17, 15) is 24.3 Å². The first-order valence-corrected chi connectivity index (χ1v) is 16.3. The number of nitrogens with one attached hydrogen (secondary N) is 3. The lowest BCUT2D eigenvalue weighted by molar-refractivity contribution is -0.161. The number of benzene rings is 2. The number of carbonyl (C=O) groups is 4. The molecule has 0 saturated heterocycles. The minimum absolute atomic E-state index is 0.125. The molecule has 48 heavy (non-hydrogen) atoms. The number of H-pyrrole nitrogens is 1. The highest BCUT2D eigenvalue weighted by Gasteiger charge is 2.29. The fraction of sp³-hybridized carbons (Fsp3) is 0.421. The third-order valence-corrected chi connectivity index (χ3v) is 7.70. The van der Waals surface area contributed by atoms with Crippen LogP contribution in [0.3, 0.4) is 0 Å². The van der Waals surface area contributed by atoms with Crippen LogP contribution in [-0.4, -0.2) is 64.7 Å². The average Bonchev–Trinajstić information content (AvgIpc) is 3.44. The second kappa shape index (κ2) is 18.6. The summed E-state index contributed by atoms with van der Waals surface area (Å²) in [4.78, 5) is 55.6. The van der Waals surface area contributed by atoms with Gasteiger partial charge in [0.1, 0.15) is 12.2 Å². The van der Waals surface area contributed by atoms with Crippen molar-refractivity contribution >= 4 is 34.7 Å². The summed E-state index contributed by atoms with van der Waals surface area (Å²) in [5, 5.41) is 16.7. The molecule has 4 N–H and O–H groups in total. The van der Waals surface area contributed by atoms with Crippen molar-refractivity contribution in [1.29, 1.82) is 0 Å². The summed E-state index contributed by atoms with van der Waals surface area (Å²) < 4.78 is 11.1. The van der Waals surface area contributed by atoms with Crippen molar-refractivity contribution in [2.24, 2.45) is 11.8 Å². The zero-order valence-corrected chi connectivity index (χ0v) is 28.2. The maximum Gasteiger partial charge on any atom is 0.309 e. The SMILES string of the molecule is C=CC[C@H](CC(=O)N[C@H](CO)Cc1ccccc1)C(=O)N[C@H](COC(=O)[C@@H](CC=C)CC(=O)OC(C)(C)C)Cc1c[nH]c2ccccc12. The Morgan fingerprint density at radius 2 is 1.54 bits per heavy atom. The van der Waals surface area contributed by atoms with Crippen LogP contribution >= 0.6 is 0 Å². The summed E-state index contributed by atoms with van der Waals surface area (Å²) in [5.41, 5.74) is 2.10. The van der Waals surface area contributed by atoms with Gasteiger partial charge in [-0.25, -0.2) is 0 Å². The number of ether oxygens (including phenoxy) is 2. The molecule has 10 nitrogen and oxygen atoms in total. The summed E-state index contributed by atoms with van der Waals surface area (Å²) in [7, 11) is 0. The van der Waals surface area contributed by atoms with Crippen molar-refractivity contribution in [3.63, 3.8) is 0 Å². The summed E-state index contributed by atoms with van der Waals surface area (Å²) in [6.45, 7) is 12.3. The molecule has 3 rings (SSSR count). The molecule has 258 valence electrons. The normalized spacial score (nSPS) is 13.8. The number of esters is 2. The minimum Gasteiger partial charge on any atom is -0.463 e. The topological polar surface area (TPSA) is 147 Å². The summed E-state index contributed by atoms with van der Waals surface area (Å²) >= 11 is 0. The number of aliphatic hydroxyl groups excluding tert-OH is 1. The average molecular weight is 660 g/mol. The maximum atomic E-state index is 13.7. The standard InChI is InChI=1S/C38H49N3O7/c1-6-13-27(21-34(43)40-30(24-42)19-26-15-9-8-10-16-26)36(45)41-31(20-29-23-39-33-18-12-11-17-32(29)33)25-47-37(46)28(14-7-2)22-35(44)48-38(3,4)5/h6-12,15-18,23,27-28,30-31,39,42H,1-2,13-14,19-22,24-25H2,3-5H3,(H,40,43)(H,41,45)/t27-,28+,30+,31+/m1/s1. The van der Waals surface area contributed by atoms with E-state index in [1.54, 1.807) is 32.9 Å². The van der Waals surface area contributed by atoms with Crippen LogP contribution in [0.5, 0.6) is 0 Å². The number of hydrogen-bond donors (Lipinski definition) is 4. The Balaban J connectivity index is 1.73. The van der Waals surface area contributed by atoms with Crippen LogP contribution < -0.4 is 10.6 Å². The quantitative estimate of drug-likeness (QED) is 0.105. The Morgan fingerprint density at radius 3 is 2.21 bits per heavy atom. The minimum atomic E-state index is -0.797. The molecule has 0 unspecified atom stereocenters. The van der Waals surface area contributed by atoms with Gasteiger partial charge in [0.05, 0.1) is 36.9 Å². The van der Waals surface area contributed by atoms with Crippen LogP contribution in [0.25, 0.3) is 10.9 Å². The van der Waals surface area contributed by atoms with E-state index >= 15 is 0 Å². The molecule has 2 amide bonds. The number of hydrogen-bond acceptors (Lipinski definition) is 7. The first-order chi connectivity index (χ1) is 22.9. The zero-order chi connectivity index (χ0) is 35.1. The van der Waals surface area contributed by atoms with Gasteiger partial charge in [-0.05, 0) is 63.6 Å². The highest BCUT2D eigenvalue weighted by Crippen LogP contribution is 2.21. The number of rotatable bonds is 19. The fourth-order valence-electron chi connectivity index (χ4n) is 5.44. The zero-order valence-electron chi connectivity index (χ0n) is 28.2. The van der Waals surface area contributed by atoms with Gasteiger partial charge in [0.15, 0.2) is 0 Å². The number of aromatic amines is 1. The highest BCUT2D eigenvalue weighted by atomic mass is 16.6. The van der Waals surface area contributed by atoms with E-state index in [1.807, 2.05) is 60.8 Å². The third-order valence-electron chi connectivity index (χ3n) is 7.70. The Morgan fingerprint density at radius 1 is 0.875 bits per heavy atom. The second-order valence-corrected chi connectivity index (χ2v) is 13.0. The van der Waals surface area contributed by atoms with Gasteiger partial charge in [-0.15, -0.1) is 13.2 Å². The molecule has 10 heteroatoms. The van der Waals surface area contributed by atoms with Crippen molar-refractivity contribution in [3.8, 4) is 0 Å². The van der Waals surface area contributed by atoms with Crippen LogP contribution in [0, 0.1) is 11.8 Å². The number of fused-ring (bicyclic) bond motifs is 1. The van der Waals surface area contributed by atoms with Crippen molar-refractivity contribution in [1.82, 2.24) is 15.6 Å². The summed E-state index contributed by atoms with van der Waals surface area (Å²) in [5.74, 6) is -3.44. The smallest absolute Gasteiger partial charge is 0.309 e. The number of carbonyl (C=O) groups excluding carboxylic acids is 4. The Bertz CT molecular complexity index is 1530. The molecular weight excluding hydrogens is 610 g/mol. The lowest BCUT2D eigenvalue weighted by Gasteiger charge is -2.24. The molecule has 0 spiro atoms. The number of aliphatic hydroxyl groups is 1. The second-order valence-electron chi connectivity index (χ2n) is 13.0. The van der Waals surface area contributed by atoms with E-state index < -0.39 is 47.4 Å². The molecule has 4 atom stereocenters. The molecule has 0 aliphatic rings. The molecular formula is C38H49N3O7. The number of para-hydroxylation sites is 1. The molecule has 0 saturated carbocycles. The summed E-state index contributed by atoms with van der Waals surface area (Å²) in [6, 6.07) is 16.1. The van der Waals surface area contributed by atoms with Crippen LogP contribution in [-0.2, 0) is 41.5 Å². The Labute approximate surface area is 283 Å². The lowest BCUT2D eigenvalue weighted by atomic mass is 9.97. The largest absolute Gasteiger partial charge is 0.463 e. The van der Waals surface area contributed by atoms with E-state index in [-0.39, 0.29) is 44.8 Å². The van der Waals surface area contributed by atoms with Gasteiger partial charge >= 0.3 is 11.9 Å². The van der Waals surface area contributed by atoms with Gasteiger partial charge in [0.25, 0.3) is 0 Å². The Kier molecular flexibility index (Phi) is 14.6. The highest BCUT2D eigenvalue weighted by molar-refractivity contribution is 5.87. The molecule has 0 aliphatic heterocycles. The third kappa shape index (κ3) is 12.5. The first-order valence-electron chi connectivity index (χ1n) is 16.3. The van der Waals surface area contributed by atoms with E-state index in [1.165, 1.54) is 0 Å². The monoisotopic (exact) mass is 659 g/mol. The van der Waals surface area contributed by atoms with Gasteiger partial charge in [-0.2, -0.15) is 0 Å². The predicted molar refractivity (Wildman–Crippen MR) is 186 cm³/mol. The van der Waals surface area contributed by atoms with Gasteiger partial charge in [-0.1, -0.05) is 60.7 Å². The molecule has 3 aromatic rings. The molecule has 1 heterocycles. The van der Waals surface area contributed by atoms with Crippen LogP contribution in [0.4, 0.5) is 0 Å². The number of allylic oxidation sites excluding steroid dienone is 2. The van der Waals surface area contributed by atoms with Crippen LogP contribution in [0.1, 0.15) is 57.6 Å². The lowest BCUT2D eigenvalue weighted by Crippen LogP contribution is -2.45. The first kappa shape index (κ1) is 37.8. The van der Waals surface area contributed by atoms with E-state index in [2.05, 4.69) is 28.8 Å². The van der Waals surface area contributed by atoms with Crippen molar-refractivity contribution in [2.75, 3.05) is 13.2 Å². The van der Waals surface area contributed by atoms with Crippen LogP contribution in [0.15, 0.2) is 86.1 Å². The molecule has 2 aromatic carbocycles.